The van der Waals surface area contributed by atoms with E-state index in [4.69, 9.17) is 0 Å². The van der Waals surface area contributed by atoms with E-state index in [9.17, 15) is 0 Å². The second-order valence-corrected chi connectivity index (χ2v) is 5.64. The lowest BCUT2D eigenvalue weighted by molar-refractivity contribution is 0.601. The molecule has 0 amide bonds. The molecule has 1 atom stereocenters. The molecule has 1 aliphatic heterocycles. The van der Waals surface area contributed by atoms with Crippen LogP contribution in [0.25, 0.3) is 0 Å². The van der Waals surface area contributed by atoms with Gasteiger partial charge in [0.1, 0.15) is 12.4 Å². The van der Waals surface area contributed by atoms with E-state index >= 15 is 0 Å². The highest BCUT2D eigenvalue weighted by atomic mass is 15.3. The molecule has 1 aromatic heterocycles. The molecule has 0 fully saturated rings. The molecule has 2 heterocycles. The van der Waals surface area contributed by atoms with Gasteiger partial charge in [-0.2, -0.15) is 0 Å². The van der Waals surface area contributed by atoms with E-state index in [-0.39, 0.29) is 0 Å². The normalized spacial score (nSPS) is 17.0. The number of fused-ring (bicyclic) bond motifs is 1. The maximum Gasteiger partial charge on any atom is 0.191 e. The van der Waals surface area contributed by atoms with Crippen LogP contribution in [0.2, 0.25) is 0 Å². The van der Waals surface area contributed by atoms with Crippen molar-refractivity contribution in [1.82, 2.24) is 25.4 Å². The quantitative estimate of drug-likeness (QED) is 0.642. The molecule has 1 unspecified atom stereocenters. The minimum absolute atomic E-state index is 0.415. The summed E-state index contributed by atoms with van der Waals surface area (Å²) >= 11 is 0. The Morgan fingerprint density at radius 3 is 2.90 bits per heavy atom. The average molecular weight is 292 g/mol. The Bertz CT molecular complexity index is 465. The largest absolute Gasteiger partial charge is 0.357 e. The van der Waals surface area contributed by atoms with Crippen molar-refractivity contribution < 1.29 is 0 Å². The lowest BCUT2D eigenvalue weighted by atomic mass is 10.2. The first-order valence-corrected chi connectivity index (χ1v) is 8.20. The minimum atomic E-state index is 0.415. The van der Waals surface area contributed by atoms with Crippen molar-refractivity contribution in [2.45, 2.75) is 72.0 Å². The van der Waals surface area contributed by atoms with Crippen LogP contribution in [-0.2, 0) is 19.5 Å². The van der Waals surface area contributed by atoms with Crippen LogP contribution in [-0.4, -0.2) is 33.3 Å². The van der Waals surface area contributed by atoms with Crippen molar-refractivity contribution in [1.29, 1.82) is 0 Å². The molecule has 0 spiro atoms. The number of guanidine groups is 1. The third-order valence-corrected chi connectivity index (χ3v) is 3.90. The molecule has 6 heteroatoms. The van der Waals surface area contributed by atoms with Crippen LogP contribution in [0.1, 0.15) is 58.1 Å². The van der Waals surface area contributed by atoms with Gasteiger partial charge in [-0.15, -0.1) is 10.2 Å². The Balaban J connectivity index is 2.05. The molecule has 0 radical (unpaired) electrons. The predicted molar refractivity (Wildman–Crippen MR) is 85.3 cm³/mol. The maximum absolute atomic E-state index is 4.65. The van der Waals surface area contributed by atoms with Gasteiger partial charge in [0.25, 0.3) is 0 Å². The van der Waals surface area contributed by atoms with Gasteiger partial charge >= 0.3 is 0 Å². The Kier molecular flexibility index (Phi) is 6.02. The summed E-state index contributed by atoms with van der Waals surface area (Å²) in [7, 11) is 0. The van der Waals surface area contributed by atoms with Crippen LogP contribution >= 0.6 is 0 Å². The number of rotatable bonds is 5. The summed E-state index contributed by atoms with van der Waals surface area (Å²) in [6.45, 7) is 8.88. The number of hydrogen-bond donors (Lipinski definition) is 2. The zero-order valence-corrected chi connectivity index (χ0v) is 13.5. The first-order chi connectivity index (χ1) is 10.2. The first-order valence-electron chi connectivity index (χ1n) is 8.20. The van der Waals surface area contributed by atoms with Crippen LogP contribution < -0.4 is 10.6 Å². The van der Waals surface area contributed by atoms with Gasteiger partial charge in [0.05, 0.1) is 0 Å². The molecular formula is C15H28N6. The molecule has 0 aliphatic carbocycles. The molecular weight excluding hydrogens is 264 g/mol. The van der Waals surface area contributed by atoms with E-state index in [2.05, 4.69) is 51.2 Å². The van der Waals surface area contributed by atoms with E-state index < -0.39 is 0 Å². The summed E-state index contributed by atoms with van der Waals surface area (Å²) in [5, 5.41) is 15.3. The smallest absolute Gasteiger partial charge is 0.191 e. The second kappa shape index (κ2) is 8.00. The third kappa shape index (κ3) is 4.44. The fourth-order valence-corrected chi connectivity index (χ4v) is 2.47. The molecule has 2 rings (SSSR count). The van der Waals surface area contributed by atoms with Crippen LogP contribution in [0.4, 0.5) is 0 Å². The molecule has 0 saturated heterocycles. The summed E-state index contributed by atoms with van der Waals surface area (Å²) in [6.07, 6.45) is 5.84. The van der Waals surface area contributed by atoms with Crippen molar-refractivity contribution in [2.75, 3.05) is 6.54 Å². The van der Waals surface area contributed by atoms with Gasteiger partial charge in [-0.25, -0.2) is 4.99 Å². The molecule has 1 aromatic rings. The van der Waals surface area contributed by atoms with Crippen molar-refractivity contribution in [3.8, 4) is 0 Å². The number of aromatic nitrogens is 3. The van der Waals surface area contributed by atoms with Gasteiger partial charge in [-0.1, -0.05) is 13.3 Å². The van der Waals surface area contributed by atoms with Crippen LogP contribution in [0, 0.1) is 0 Å². The highest BCUT2D eigenvalue weighted by Gasteiger charge is 2.14. The fourth-order valence-electron chi connectivity index (χ4n) is 2.47. The summed E-state index contributed by atoms with van der Waals surface area (Å²) in [5.74, 6) is 2.96. The number of nitrogens with one attached hydrogen (secondary N) is 2. The van der Waals surface area contributed by atoms with Crippen LogP contribution in [0.15, 0.2) is 4.99 Å². The SMILES string of the molecule is CCNC(=NCc1nnc2n1CCCCC2)NC(C)CC. The summed E-state index contributed by atoms with van der Waals surface area (Å²) in [5.41, 5.74) is 0. The fraction of sp³-hybridized carbons (Fsp3) is 0.800. The standard InChI is InChI=1S/C15H28N6/c1-4-12(3)18-15(16-5-2)17-11-14-20-19-13-9-7-6-8-10-21(13)14/h12H,4-11H2,1-3H3,(H2,16,17,18). The van der Waals surface area contributed by atoms with Gasteiger partial charge in [0, 0.05) is 25.6 Å². The minimum Gasteiger partial charge on any atom is -0.357 e. The zero-order valence-electron chi connectivity index (χ0n) is 13.5. The lowest BCUT2D eigenvalue weighted by Crippen LogP contribution is -2.42. The molecule has 2 N–H and O–H groups in total. The zero-order chi connectivity index (χ0) is 15.1. The van der Waals surface area contributed by atoms with Crippen LogP contribution in [0.3, 0.4) is 0 Å². The monoisotopic (exact) mass is 292 g/mol. The average Bonchev–Trinajstić information content (AvgIpc) is 2.71. The van der Waals surface area contributed by atoms with Gasteiger partial charge in [-0.3, -0.25) is 0 Å². The maximum atomic E-state index is 4.65. The van der Waals surface area contributed by atoms with Crippen molar-refractivity contribution in [2.24, 2.45) is 4.99 Å². The summed E-state index contributed by atoms with van der Waals surface area (Å²) < 4.78 is 2.25. The highest BCUT2D eigenvalue weighted by Crippen LogP contribution is 2.14. The van der Waals surface area contributed by atoms with E-state index in [1.54, 1.807) is 0 Å². The number of hydrogen-bond acceptors (Lipinski definition) is 3. The highest BCUT2D eigenvalue weighted by molar-refractivity contribution is 5.79. The number of aliphatic imine (C=N–C) groups is 1. The first kappa shape index (κ1) is 15.8. The summed E-state index contributed by atoms with van der Waals surface area (Å²) in [6, 6.07) is 0.415. The van der Waals surface area contributed by atoms with Gasteiger partial charge in [0.2, 0.25) is 0 Å². The topological polar surface area (TPSA) is 67.1 Å². The Morgan fingerprint density at radius 1 is 1.29 bits per heavy atom. The third-order valence-electron chi connectivity index (χ3n) is 3.90. The van der Waals surface area contributed by atoms with Gasteiger partial charge < -0.3 is 15.2 Å². The second-order valence-electron chi connectivity index (χ2n) is 5.64. The number of nitrogens with zero attached hydrogens (tertiary/aromatic N) is 4. The molecule has 6 nitrogen and oxygen atoms in total. The molecule has 0 aromatic carbocycles. The van der Waals surface area contributed by atoms with Crippen molar-refractivity contribution >= 4 is 5.96 Å². The van der Waals surface area contributed by atoms with E-state index in [0.717, 1.165) is 43.5 Å². The van der Waals surface area contributed by atoms with Crippen molar-refractivity contribution in [3.05, 3.63) is 11.6 Å². The Hall–Kier alpha value is -1.59. The lowest BCUT2D eigenvalue weighted by Gasteiger charge is -2.16. The van der Waals surface area contributed by atoms with Gasteiger partial charge in [0.15, 0.2) is 11.8 Å². The molecule has 21 heavy (non-hydrogen) atoms. The predicted octanol–water partition coefficient (Wildman–Crippen LogP) is 1.86. The molecule has 0 saturated carbocycles. The Morgan fingerprint density at radius 2 is 2.14 bits per heavy atom. The van der Waals surface area contributed by atoms with E-state index in [1.807, 2.05) is 0 Å². The molecule has 1 aliphatic rings. The van der Waals surface area contributed by atoms with Gasteiger partial charge in [-0.05, 0) is 33.1 Å². The van der Waals surface area contributed by atoms with E-state index in [0.29, 0.717) is 12.6 Å². The molecule has 0 bridgehead atoms. The molecule has 118 valence electrons. The Labute approximate surface area is 127 Å². The van der Waals surface area contributed by atoms with Crippen LogP contribution in [0.5, 0.6) is 0 Å². The van der Waals surface area contributed by atoms with E-state index in [1.165, 1.54) is 19.3 Å². The number of aryl methyl sites for hydroxylation is 1. The summed E-state index contributed by atoms with van der Waals surface area (Å²) in [4.78, 5) is 4.65. The van der Waals surface area contributed by atoms with Crippen molar-refractivity contribution in [3.63, 3.8) is 0 Å².